The van der Waals surface area contributed by atoms with Crippen molar-refractivity contribution < 1.29 is 4.79 Å². The van der Waals surface area contributed by atoms with E-state index in [-0.39, 0.29) is 5.78 Å². The monoisotopic (exact) mass is 354 g/mol. The Hall–Kier alpha value is -1.78. The van der Waals surface area contributed by atoms with Gasteiger partial charge >= 0.3 is 0 Å². The first kappa shape index (κ1) is 18.0. The number of fused-ring (bicyclic) bond motifs is 2. The van der Waals surface area contributed by atoms with Crippen LogP contribution in [0.25, 0.3) is 0 Å². The Kier molecular flexibility index (Phi) is 5.21. The molecule has 0 saturated heterocycles. The minimum absolute atomic E-state index is 0.0358. The maximum atomic E-state index is 11.9. The Bertz CT molecular complexity index is 785. The summed E-state index contributed by atoms with van der Waals surface area (Å²) in [6, 6.07) is 15.3. The highest BCUT2D eigenvalue weighted by atomic mass is 32.2. The van der Waals surface area contributed by atoms with Crippen molar-refractivity contribution in [1.29, 1.82) is 0 Å². The number of aryl methyl sites for hydroxylation is 2. The van der Waals surface area contributed by atoms with Gasteiger partial charge in [-0.05, 0) is 68.7 Å². The molecule has 0 spiro atoms. The zero-order valence-electron chi connectivity index (χ0n) is 15.2. The van der Waals surface area contributed by atoms with Gasteiger partial charge in [0, 0.05) is 22.8 Å². The lowest BCUT2D eigenvalue weighted by atomic mass is 9.94. The minimum Gasteiger partial charge on any atom is -0.341 e. The van der Waals surface area contributed by atoms with Crippen LogP contribution in [0.4, 0.5) is 11.4 Å². The molecule has 1 aliphatic rings. The van der Waals surface area contributed by atoms with Gasteiger partial charge in [-0.3, -0.25) is 4.79 Å². The molecule has 132 valence electrons. The Morgan fingerprint density at radius 2 is 1.84 bits per heavy atom. The van der Waals surface area contributed by atoms with E-state index in [4.69, 9.17) is 5.73 Å². The molecular formula is C21H26N2OS. The molecule has 0 aromatic heterocycles. The van der Waals surface area contributed by atoms with E-state index in [0.717, 1.165) is 19.4 Å². The van der Waals surface area contributed by atoms with E-state index in [1.807, 2.05) is 6.92 Å². The molecule has 3 nitrogen and oxygen atoms in total. The highest BCUT2D eigenvalue weighted by molar-refractivity contribution is 7.98. The van der Waals surface area contributed by atoms with E-state index in [2.05, 4.69) is 53.6 Å². The number of carbonyl (C=O) groups is 1. The van der Waals surface area contributed by atoms with Gasteiger partial charge in [0.1, 0.15) is 5.78 Å². The van der Waals surface area contributed by atoms with Crippen LogP contribution in [-0.4, -0.2) is 24.1 Å². The number of anilines is 2. The molecule has 2 aromatic rings. The molecule has 0 amide bonds. The third-order valence-corrected chi connectivity index (χ3v) is 5.91. The van der Waals surface area contributed by atoms with Gasteiger partial charge in [-0.15, -0.1) is 11.8 Å². The van der Waals surface area contributed by atoms with E-state index >= 15 is 0 Å². The van der Waals surface area contributed by atoms with Gasteiger partial charge in [0.2, 0.25) is 0 Å². The van der Waals surface area contributed by atoms with Crippen LogP contribution in [0.1, 0.15) is 31.4 Å². The molecule has 0 radical (unpaired) electrons. The summed E-state index contributed by atoms with van der Waals surface area (Å²) >= 11 is 1.75. The van der Waals surface area contributed by atoms with Crippen molar-refractivity contribution in [2.75, 3.05) is 17.7 Å². The summed E-state index contributed by atoms with van der Waals surface area (Å²) < 4.78 is 0. The van der Waals surface area contributed by atoms with Gasteiger partial charge in [0.15, 0.2) is 0 Å². The number of thioether (sulfide) groups is 1. The average molecular weight is 355 g/mol. The second kappa shape index (κ2) is 7.22. The van der Waals surface area contributed by atoms with Gasteiger partial charge < -0.3 is 10.6 Å². The lowest BCUT2D eigenvalue weighted by Crippen LogP contribution is -2.45. The van der Waals surface area contributed by atoms with Gasteiger partial charge in [0.25, 0.3) is 0 Å². The van der Waals surface area contributed by atoms with E-state index in [1.165, 1.54) is 27.4 Å². The third kappa shape index (κ3) is 3.75. The van der Waals surface area contributed by atoms with Crippen LogP contribution in [0.15, 0.2) is 47.4 Å². The van der Waals surface area contributed by atoms with Crippen molar-refractivity contribution in [2.24, 2.45) is 5.73 Å². The molecule has 0 aliphatic carbocycles. The van der Waals surface area contributed by atoms with Crippen molar-refractivity contribution in [3.05, 3.63) is 53.6 Å². The quantitative estimate of drug-likeness (QED) is 0.811. The predicted molar refractivity (Wildman–Crippen MR) is 107 cm³/mol. The molecule has 1 unspecified atom stereocenters. The fourth-order valence-corrected chi connectivity index (χ4v) is 3.71. The molecule has 1 atom stereocenters. The minimum atomic E-state index is -0.793. The first-order valence-electron chi connectivity index (χ1n) is 8.74. The molecule has 25 heavy (non-hydrogen) atoms. The van der Waals surface area contributed by atoms with E-state index < -0.39 is 5.54 Å². The molecule has 2 aromatic carbocycles. The van der Waals surface area contributed by atoms with Crippen LogP contribution in [0.2, 0.25) is 0 Å². The first-order chi connectivity index (χ1) is 11.9. The number of ketones is 1. The predicted octanol–water partition coefficient (Wildman–Crippen LogP) is 4.34. The maximum Gasteiger partial charge on any atom is 0.149 e. The van der Waals surface area contributed by atoms with Crippen LogP contribution in [-0.2, 0) is 17.6 Å². The van der Waals surface area contributed by atoms with Gasteiger partial charge in [-0.1, -0.05) is 24.3 Å². The van der Waals surface area contributed by atoms with Crippen molar-refractivity contribution in [1.82, 2.24) is 0 Å². The Labute approximate surface area is 154 Å². The molecule has 0 fully saturated rings. The number of nitrogens with two attached hydrogens (primary N) is 1. The van der Waals surface area contributed by atoms with E-state index in [9.17, 15) is 4.79 Å². The fourth-order valence-electron chi connectivity index (χ4n) is 3.28. The molecule has 0 bridgehead atoms. The number of para-hydroxylation sites is 1. The standard InChI is InChI=1S/C21H26N2OS/c1-15(24)21(2,22)12-13-23-19-7-5-4-6-16(19)8-9-17-10-11-18(25-3)14-20(17)23/h4-7,10-11,14H,8-9,12-13,22H2,1-3H3. The van der Waals surface area contributed by atoms with Gasteiger partial charge in [-0.25, -0.2) is 0 Å². The summed E-state index contributed by atoms with van der Waals surface area (Å²) in [6.07, 6.45) is 4.79. The van der Waals surface area contributed by atoms with E-state index in [1.54, 1.807) is 18.7 Å². The topological polar surface area (TPSA) is 46.3 Å². The number of hydrogen-bond donors (Lipinski definition) is 1. The number of benzene rings is 2. The maximum absolute atomic E-state index is 11.9. The molecule has 1 aliphatic heterocycles. The number of hydrogen-bond acceptors (Lipinski definition) is 4. The van der Waals surface area contributed by atoms with Crippen LogP contribution in [0, 0.1) is 0 Å². The average Bonchev–Trinajstić information content (AvgIpc) is 2.76. The summed E-state index contributed by atoms with van der Waals surface area (Å²) in [7, 11) is 0. The Morgan fingerprint density at radius 3 is 2.52 bits per heavy atom. The van der Waals surface area contributed by atoms with Crippen molar-refractivity contribution >= 4 is 28.9 Å². The zero-order valence-corrected chi connectivity index (χ0v) is 16.0. The van der Waals surface area contributed by atoms with Gasteiger partial charge in [-0.2, -0.15) is 0 Å². The molecule has 0 saturated carbocycles. The molecule has 3 rings (SSSR count). The van der Waals surface area contributed by atoms with Crippen molar-refractivity contribution in [2.45, 2.75) is 43.5 Å². The summed E-state index contributed by atoms with van der Waals surface area (Å²) in [5.41, 5.74) is 10.6. The Morgan fingerprint density at radius 1 is 1.16 bits per heavy atom. The smallest absolute Gasteiger partial charge is 0.149 e. The van der Waals surface area contributed by atoms with Crippen LogP contribution < -0.4 is 10.6 Å². The lowest BCUT2D eigenvalue weighted by Gasteiger charge is -2.31. The number of carbonyl (C=O) groups excluding carboxylic acids is 1. The lowest BCUT2D eigenvalue weighted by molar-refractivity contribution is -0.121. The molecule has 4 heteroatoms. The van der Waals surface area contributed by atoms with Crippen LogP contribution >= 0.6 is 11.8 Å². The molecule has 2 N–H and O–H groups in total. The SMILES string of the molecule is CSc1ccc2c(c1)N(CCC(C)(N)C(C)=O)c1ccccc1CC2. The fraction of sp³-hybridized carbons (Fsp3) is 0.381. The second-order valence-electron chi connectivity index (χ2n) is 7.00. The van der Waals surface area contributed by atoms with Crippen molar-refractivity contribution in [3.63, 3.8) is 0 Å². The van der Waals surface area contributed by atoms with Crippen molar-refractivity contribution in [3.8, 4) is 0 Å². The third-order valence-electron chi connectivity index (χ3n) is 5.19. The summed E-state index contributed by atoms with van der Waals surface area (Å²) in [5.74, 6) is 0.0358. The van der Waals surface area contributed by atoms with Gasteiger partial charge in [0.05, 0.1) is 5.54 Å². The highest BCUT2D eigenvalue weighted by Crippen LogP contribution is 2.38. The normalized spacial score (nSPS) is 15.8. The highest BCUT2D eigenvalue weighted by Gasteiger charge is 2.27. The molecular weight excluding hydrogens is 328 g/mol. The second-order valence-corrected chi connectivity index (χ2v) is 7.88. The van der Waals surface area contributed by atoms with E-state index in [0.29, 0.717) is 6.42 Å². The summed E-state index contributed by atoms with van der Waals surface area (Å²) in [6.45, 7) is 4.14. The Balaban J connectivity index is 2.03. The number of rotatable bonds is 5. The molecule has 1 heterocycles. The van der Waals surface area contributed by atoms with Crippen LogP contribution in [0.5, 0.6) is 0 Å². The first-order valence-corrected chi connectivity index (χ1v) is 9.97. The summed E-state index contributed by atoms with van der Waals surface area (Å²) in [5, 5.41) is 0. The number of nitrogens with zero attached hydrogens (tertiary/aromatic N) is 1. The van der Waals surface area contributed by atoms with Crippen LogP contribution in [0.3, 0.4) is 0 Å². The zero-order chi connectivity index (χ0) is 18.0. The number of Topliss-reactive ketones (excluding diaryl/α,β-unsaturated/α-hetero) is 1. The summed E-state index contributed by atoms with van der Waals surface area (Å²) in [4.78, 5) is 15.5. The largest absolute Gasteiger partial charge is 0.341 e.